The Morgan fingerprint density at radius 2 is 1.64 bits per heavy atom. The Labute approximate surface area is 133 Å². The maximum atomic E-state index is 11.6. The Kier molecular flexibility index (Phi) is 13.6. The third-order valence-electron chi connectivity index (χ3n) is 3.39. The number of allylic oxidation sites excluding steroid dienone is 3. The van der Waals surface area contributed by atoms with Gasteiger partial charge in [0.2, 0.25) is 0 Å². The summed E-state index contributed by atoms with van der Waals surface area (Å²) >= 11 is 0. The highest BCUT2D eigenvalue weighted by molar-refractivity contribution is 5.89. The number of ketones is 1. The molecule has 4 heteroatoms. The molecule has 0 radical (unpaired) electrons. The van der Waals surface area contributed by atoms with Crippen molar-refractivity contribution in [2.24, 2.45) is 0 Å². The lowest BCUT2D eigenvalue weighted by atomic mass is 10.1. The second kappa shape index (κ2) is 14.5. The third-order valence-corrected chi connectivity index (χ3v) is 3.39. The zero-order valence-electron chi connectivity index (χ0n) is 13.7. The molecule has 0 aliphatic heterocycles. The maximum absolute atomic E-state index is 11.6. The molecule has 0 aromatic heterocycles. The van der Waals surface area contributed by atoms with E-state index in [0.717, 1.165) is 44.9 Å². The fraction of sp³-hybridized carbons (Fsp3) is 0.667. The second-order valence-corrected chi connectivity index (χ2v) is 5.58. The molecule has 0 aliphatic rings. The van der Waals surface area contributed by atoms with E-state index in [0.29, 0.717) is 12.8 Å². The minimum absolute atomic E-state index is 0.0726. The first-order valence-corrected chi connectivity index (χ1v) is 8.33. The predicted octanol–water partition coefficient (Wildman–Crippen LogP) is 4.03. The molecule has 0 saturated heterocycles. The van der Waals surface area contributed by atoms with E-state index < -0.39 is 12.1 Å². The molecule has 0 unspecified atom stereocenters. The fourth-order valence-electron chi connectivity index (χ4n) is 2.07. The molecular weight excluding hydrogens is 280 g/mol. The highest BCUT2D eigenvalue weighted by Crippen LogP contribution is 2.07. The first-order valence-electron chi connectivity index (χ1n) is 8.33. The lowest BCUT2D eigenvalue weighted by Gasteiger charge is -2.03. The van der Waals surface area contributed by atoms with Crippen molar-refractivity contribution >= 4 is 11.8 Å². The molecule has 2 N–H and O–H groups in total. The van der Waals surface area contributed by atoms with Crippen LogP contribution in [-0.2, 0) is 9.59 Å². The summed E-state index contributed by atoms with van der Waals surface area (Å²) in [5.41, 5.74) is 0. The van der Waals surface area contributed by atoms with Crippen molar-refractivity contribution in [3.63, 3.8) is 0 Å². The summed E-state index contributed by atoms with van der Waals surface area (Å²) in [6, 6.07) is 0. The summed E-state index contributed by atoms with van der Waals surface area (Å²) in [6.07, 6.45) is 14.2. The van der Waals surface area contributed by atoms with Crippen molar-refractivity contribution in [3.8, 4) is 0 Å². The van der Waals surface area contributed by atoms with Gasteiger partial charge in [0.05, 0.1) is 6.10 Å². The number of unbranched alkanes of at least 4 members (excludes halogenated alkanes) is 5. The number of carbonyl (C=O) groups excluding carboxylic acids is 1. The minimum Gasteiger partial charge on any atom is -0.481 e. The highest BCUT2D eigenvalue weighted by Gasteiger charge is 1.99. The van der Waals surface area contributed by atoms with E-state index in [1.54, 1.807) is 18.2 Å². The second-order valence-electron chi connectivity index (χ2n) is 5.58. The largest absolute Gasteiger partial charge is 0.481 e. The van der Waals surface area contributed by atoms with Crippen LogP contribution in [0.1, 0.15) is 71.1 Å². The molecule has 0 spiro atoms. The summed E-state index contributed by atoms with van der Waals surface area (Å²) in [7, 11) is 0. The molecule has 0 bridgehead atoms. The number of carbonyl (C=O) groups is 2. The number of hydrogen-bond acceptors (Lipinski definition) is 3. The molecule has 0 heterocycles. The van der Waals surface area contributed by atoms with Crippen molar-refractivity contribution in [1.82, 2.24) is 0 Å². The van der Waals surface area contributed by atoms with Gasteiger partial charge in [0.1, 0.15) is 0 Å². The number of carboxylic acids is 1. The van der Waals surface area contributed by atoms with Gasteiger partial charge in [-0.2, -0.15) is 0 Å². The van der Waals surface area contributed by atoms with Gasteiger partial charge < -0.3 is 10.2 Å². The molecule has 0 saturated carbocycles. The third kappa shape index (κ3) is 15.0. The van der Waals surface area contributed by atoms with Crippen LogP contribution >= 0.6 is 0 Å². The van der Waals surface area contributed by atoms with Crippen molar-refractivity contribution < 1.29 is 19.8 Å². The van der Waals surface area contributed by atoms with Crippen LogP contribution in [0.15, 0.2) is 24.3 Å². The number of carboxylic acid groups (broad SMARTS) is 1. The molecule has 126 valence electrons. The number of aliphatic hydroxyl groups excluding tert-OH is 1. The van der Waals surface area contributed by atoms with Crippen LogP contribution in [0, 0.1) is 0 Å². The van der Waals surface area contributed by atoms with E-state index in [4.69, 9.17) is 5.11 Å². The van der Waals surface area contributed by atoms with Crippen LogP contribution in [0.4, 0.5) is 0 Å². The molecule has 1 atom stereocenters. The first-order chi connectivity index (χ1) is 10.6. The zero-order valence-corrected chi connectivity index (χ0v) is 13.7. The summed E-state index contributed by atoms with van der Waals surface area (Å²) < 4.78 is 0. The summed E-state index contributed by atoms with van der Waals surface area (Å²) in [5, 5.41) is 18.1. The number of hydrogen-bond donors (Lipinski definition) is 2. The van der Waals surface area contributed by atoms with Gasteiger partial charge in [-0.15, -0.1) is 0 Å². The maximum Gasteiger partial charge on any atom is 0.303 e. The molecule has 0 aromatic rings. The van der Waals surface area contributed by atoms with Crippen LogP contribution in [0.2, 0.25) is 0 Å². The van der Waals surface area contributed by atoms with E-state index in [1.165, 1.54) is 6.08 Å². The number of rotatable bonds is 14. The Morgan fingerprint density at radius 1 is 0.955 bits per heavy atom. The van der Waals surface area contributed by atoms with Crippen LogP contribution in [-0.4, -0.2) is 28.1 Å². The molecule has 0 aromatic carbocycles. The quantitative estimate of drug-likeness (QED) is 0.288. The number of aliphatic carboxylic acids is 1. The van der Waals surface area contributed by atoms with Crippen molar-refractivity contribution in [2.75, 3.05) is 0 Å². The topological polar surface area (TPSA) is 74.6 Å². The number of aliphatic hydroxyl groups is 1. The summed E-state index contributed by atoms with van der Waals surface area (Å²) in [5.74, 6) is -0.689. The Morgan fingerprint density at radius 3 is 2.27 bits per heavy atom. The van der Waals surface area contributed by atoms with Gasteiger partial charge in [0.15, 0.2) is 5.78 Å². The summed E-state index contributed by atoms with van der Waals surface area (Å²) in [4.78, 5) is 21.9. The molecule has 0 fully saturated rings. The molecule has 0 aliphatic carbocycles. The van der Waals surface area contributed by atoms with Gasteiger partial charge in [-0.25, -0.2) is 0 Å². The van der Waals surface area contributed by atoms with Gasteiger partial charge in [0.25, 0.3) is 0 Å². The van der Waals surface area contributed by atoms with Crippen LogP contribution < -0.4 is 0 Å². The monoisotopic (exact) mass is 310 g/mol. The van der Waals surface area contributed by atoms with Gasteiger partial charge in [0, 0.05) is 12.8 Å². The molecule has 22 heavy (non-hydrogen) atoms. The molecular formula is C18H30O4. The Balaban J connectivity index is 3.63. The minimum atomic E-state index is -0.761. The first kappa shape index (κ1) is 20.6. The standard InChI is InChI=1S/C18H30O4/c1-2-3-6-11-16(19)13-9-10-14-17(20)12-7-4-5-8-15-18(21)22/h9-10,13-14,16,19H,2-8,11-12,15H2,1H3,(H,21,22)/b13-9+,14-10+/t16-/m1/s1. The van der Waals surface area contributed by atoms with E-state index >= 15 is 0 Å². The van der Waals surface area contributed by atoms with Crippen molar-refractivity contribution in [3.05, 3.63) is 24.3 Å². The SMILES string of the molecule is CCCCC[C@@H](O)/C=C/C=C/C(=O)CCCCCCC(=O)O. The predicted molar refractivity (Wildman–Crippen MR) is 88.8 cm³/mol. The smallest absolute Gasteiger partial charge is 0.303 e. The Bertz CT molecular complexity index is 358. The van der Waals surface area contributed by atoms with Gasteiger partial charge in [-0.05, 0) is 25.3 Å². The van der Waals surface area contributed by atoms with Crippen LogP contribution in [0.3, 0.4) is 0 Å². The average molecular weight is 310 g/mol. The van der Waals surface area contributed by atoms with Gasteiger partial charge >= 0.3 is 5.97 Å². The molecule has 0 amide bonds. The summed E-state index contributed by atoms with van der Waals surface area (Å²) in [6.45, 7) is 2.13. The van der Waals surface area contributed by atoms with Crippen molar-refractivity contribution in [2.45, 2.75) is 77.2 Å². The highest BCUT2D eigenvalue weighted by atomic mass is 16.4. The fourth-order valence-corrected chi connectivity index (χ4v) is 2.07. The average Bonchev–Trinajstić information content (AvgIpc) is 2.47. The van der Waals surface area contributed by atoms with E-state index in [9.17, 15) is 14.7 Å². The zero-order chi connectivity index (χ0) is 16.6. The van der Waals surface area contributed by atoms with Gasteiger partial charge in [-0.1, -0.05) is 57.3 Å². The molecule has 0 rings (SSSR count). The lowest BCUT2D eigenvalue weighted by molar-refractivity contribution is -0.137. The van der Waals surface area contributed by atoms with Crippen LogP contribution in [0.5, 0.6) is 0 Å². The van der Waals surface area contributed by atoms with Gasteiger partial charge in [-0.3, -0.25) is 9.59 Å². The normalized spacial score (nSPS) is 13.0. The Hall–Kier alpha value is -1.42. The molecule has 4 nitrogen and oxygen atoms in total. The lowest BCUT2D eigenvalue weighted by Crippen LogP contribution is -2.00. The van der Waals surface area contributed by atoms with Crippen molar-refractivity contribution in [1.29, 1.82) is 0 Å². The van der Waals surface area contributed by atoms with E-state index in [1.807, 2.05) is 0 Å². The van der Waals surface area contributed by atoms with E-state index in [-0.39, 0.29) is 12.2 Å². The van der Waals surface area contributed by atoms with E-state index in [2.05, 4.69) is 6.92 Å². The van der Waals surface area contributed by atoms with Crippen LogP contribution in [0.25, 0.3) is 0 Å².